The molecule has 1 atom stereocenters. The molecule has 1 aromatic heterocycles. The van der Waals surface area contributed by atoms with Gasteiger partial charge in [0, 0.05) is 30.3 Å². The lowest BCUT2D eigenvalue weighted by atomic mass is 9.93. The van der Waals surface area contributed by atoms with Gasteiger partial charge < -0.3 is 9.80 Å². The van der Waals surface area contributed by atoms with Gasteiger partial charge in [0.25, 0.3) is 0 Å². The Bertz CT molecular complexity index is 898. The standard InChI is InChI=1S/C22H27N5/c1-15-12-17(13-23)8-9-19(15)21-16(2)20-7-5-11-27(22(20)25-24-21)18-6-4-10-26(3)14-18/h8-9,12,18H,4-7,10-11,14H2,1-3H3/t18-/m0/s1. The first-order chi connectivity index (χ1) is 13.1. The molecule has 2 aromatic rings. The third-order valence-corrected chi connectivity index (χ3v) is 6.07. The van der Waals surface area contributed by atoms with Crippen LogP contribution in [-0.2, 0) is 6.42 Å². The van der Waals surface area contributed by atoms with E-state index in [9.17, 15) is 0 Å². The summed E-state index contributed by atoms with van der Waals surface area (Å²) in [6, 6.07) is 8.56. The van der Waals surface area contributed by atoms with E-state index in [1.54, 1.807) is 0 Å². The van der Waals surface area contributed by atoms with Crippen LogP contribution < -0.4 is 4.90 Å². The summed E-state index contributed by atoms with van der Waals surface area (Å²) in [6.45, 7) is 7.60. The third-order valence-electron chi connectivity index (χ3n) is 6.07. The van der Waals surface area contributed by atoms with Crippen molar-refractivity contribution in [3.63, 3.8) is 0 Å². The van der Waals surface area contributed by atoms with Crippen molar-refractivity contribution in [2.24, 2.45) is 0 Å². The molecule has 5 heteroatoms. The summed E-state index contributed by atoms with van der Waals surface area (Å²) in [4.78, 5) is 4.93. The number of piperidine rings is 1. The average molecular weight is 361 g/mol. The van der Waals surface area contributed by atoms with Crippen LogP contribution in [0.4, 0.5) is 5.82 Å². The highest BCUT2D eigenvalue weighted by molar-refractivity contribution is 5.71. The van der Waals surface area contributed by atoms with Crippen LogP contribution in [0.3, 0.4) is 0 Å². The molecule has 1 fully saturated rings. The molecule has 2 aliphatic rings. The minimum absolute atomic E-state index is 0.541. The molecule has 0 unspecified atom stereocenters. The maximum atomic E-state index is 9.12. The van der Waals surface area contributed by atoms with Gasteiger partial charge in [-0.15, -0.1) is 10.2 Å². The second kappa shape index (κ2) is 7.28. The van der Waals surface area contributed by atoms with Gasteiger partial charge in [0.15, 0.2) is 5.82 Å². The molecule has 2 aliphatic heterocycles. The largest absolute Gasteiger partial charge is 0.351 e. The first kappa shape index (κ1) is 17.9. The van der Waals surface area contributed by atoms with Crippen molar-refractivity contribution < 1.29 is 0 Å². The Morgan fingerprint density at radius 2 is 2.00 bits per heavy atom. The predicted octanol–water partition coefficient (Wildman–Crippen LogP) is 3.48. The topological polar surface area (TPSA) is 56.1 Å². The van der Waals surface area contributed by atoms with Gasteiger partial charge in [-0.05, 0) is 76.4 Å². The first-order valence-electron chi connectivity index (χ1n) is 9.91. The molecule has 27 heavy (non-hydrogen) atoms. The predicted molar refractivity (Wildman–Crippen MR) is 108 cm³/mol. The molecule has 5 nitrogen and oxygen atoms in total. The lowest BCUT2D eigenvalue weighted by Crippen LogP contribution is -2.49. The van der Waals surface area contributed by atoms with Crippen LogP contribution >= 0.6 is 0 Å². The van der Waals surface area contributed by atoms with E-state index in [1.165, 1.54) is 36.9 Å². The highest BCUT2D eigenvalue weighted by atomic mass is 15.3. The van der Waals surface area contributed by atoms with Crippen LogP contribution in [0.2, 0.25) is 0 Å². The smallest absolute Gasteiger partial charge is 0.155 e. The maximum Gasteiger partial charge on any atom is 0.155 e. The van der Waals surface area contributed by atoms with Gasteiger partial charge in [-0.25, -0.2) is 0 Å². The molecular formula is C22H27N5. The number of fused-ring (bicyclic) bond motifs is 1. The van der Waals surface area contributed by atoms with Gasteiger partial charge in [0.2, 0.25) is 0 Å². The SMILES string of the molecule is Cc1cc(C#N)ccc1-c1nnc2c(c1C)CCCN2[C@H]1CCCN(C)C1. The number of benzene rings is 1. The van der Waals surface area contributed by atoms with E-state index in [1.807, 2.05) is 25.1 Å². The second-order valence-corrected chi connectivity index (χ2v) is 7.97. The molecule has 3 heterocycles. The van der Waals surface area contributed by atoms with Crippen molar-refractivity contribution in [1.82, 2.24) is 15.1 Å². The Labute approximate surface area is 161 Å². The minimum Gasteiger partial charge on any atom is -0.351 e. The lowest BCUT2D eigenvalue weighted by molar-refractivity contribution is 0.242. The van der Waals surface area contributed by atoms with Crippen molar-refractivity contribution in [3.05, 3.63) is 40.5 Å². The van der Waals surface area contributed by atoms with Crippen molar-refractivity contribution in [2.75, 3.05) is 31.6 Å². The Morgan fingerprint density at radius 1 is 1.15 bits per heavy atom. The van der Waals surface area contributed by atoms with E-state index in [4.69, 9.17) is 10.4 Å². The molecule has 140 valence electrons. The minimum atomic E-state index is 0.541. The quantitative estimate of drug-likeness (QED) is 0.820. The normalized spacial score (nSPS) is 20.2. The van der Waals surface area contributed by atoms with E-state index in [0.717, 1.165) is 42.1 Å². The molecule has 0 N–H and O–H groups in total. The molecule has 0 spiro atoms. The highest BCUT2D eigenvalue weighted by Crippen LogP contribution is 2.35. The van der Waals surface area contributed by atoms with Crippen LogP contribution in [0, 0.1) is 25.2 Å². The van der Waals surface area contributed by atoms with E-state index < -0.39 is 0 Å². The molecule has 0 saturated carbocycles. The summed E-state index contributed by atoms with van der Waals surface area (Å²) in [5.74, 6) is 1.09. The van der Waals surface area contributed by atoms with Crippen molar-refractivity contribution >= 4 is 5.82 Å². The van der Waals surface area contributed by atoms with Crippen LogP contribution in [0.1, 0.15) is 41.5 Å². The van der Waals surface area contributed by atoms with Gasteiger partial charge in [0.1, 0.15) is 0 Å². The van der Waals surface area contributed by atoms with E-state index in [-0.39, 0.29) is 0 Å². The van der Waals surface area contributed by atoms with Gasteiger partial charge >= 0.3 is 0 Å². The van der Waals surface area contributed by atoms with E-state index in [0.29, 0.717) is 11.6 Å². The van der Waals surface area contributed by atoms with Gasteiger partial charge in [0.05, 0.1) is 17.3 Å². The number of aryl methyl sites for hydroxylation is 1. The molecular weight excluding hydrogens is 334 g/mol. The van der Waals surface area contributed by atoms with Crippen molar-refractivity contribution in [2.45, 2.75) is 45.6 Å². The zero-order valence-electron chi connectivity index (χ0n) is 16.5. The second-order valence-electron chi connectivity index (χ2n) is 7.97. The average Bonchev–Trinajstić information content (AvgIpc) is 2.68. The van der Waals surface area contributed by atoms with Crippen LogP contribution in [0.15, 0.2) is 18.2 Å². The Balaban J connectivity index is 1.72. The molecule has 0 bridgehead atoms. The zero-order valence-corrected chi connectivity index (χ0v) is 16.5. The van der Waals surface area contributed by atoms with Crippen LogP contribution in [0.5, 0.6) is 0 Å². The number of anilines is 1. The number of nitrogens with zero attached hydrogens (tertiary/aromatic N) is 5. The fourth-order valence-corrected chi connectivity index (χ4v) is 4.61. The summed E-state index contributed by atoms with van der Waals surface area (Å²) in [6.07, 6.45) is 4.73. The Morgan fingerprint density at radius 3 is 2.74 bits per heavy atom. The fourth-order valence-electron chi connectivity index (χ4n) is 4.61. The van der Waals surface area contributed by atoms with Gasteiger partial charge in [-0.3, -0.25) is 0 Å². The fraction of sp³-hybridized carbons (Fsp3) is 0.500. The number of hydrogen-bond donors (Lipinski definition) is 0. The third kappa shape index (κ3) is 3.30. The summed E-state index contributed by atoms with van der Waals surface area (Å²) >= 11 is 0. The van der Waals surface area contributed by atoms with Crippen LogP contribution in [0.25, 0.3) is 11.3 Å². The monoisotopic (exact) mass is 361 g/mol. The number of aromatic nitrogens is 2. The molecule has 0 amide bonds. The van der Waals surface area contributed by atoms with E-state index in [2.05, 4.69) is 34.9 Å². The number of nitriles is 1. The zero-order chi connectivity index (χ0) is 19.0. The molecule has 1 saturated heterocycles. The van der Waals surface area contributed by atoms with Crippen LogP contribution in [-0.4, -0.2) is 47.8 Å². The highest BCUT2D eigenvalue weighted by Gasteiger charge is 2.30. The van der Waals surface area contributed by atoms with E-state index >= 15 is 0 Å². The molecule has 1 aromatic carbocycles. The lowest BCUT2D eigenvalue weighted by Gasteiger charge is -2.41. The summed E-state index contributed by atoms with van der Waals surface area (Å²) in [5, 5.41) is 18.5. The molecule has 0 aliphatic carbocycles. The number of likely N-dealkylation sites (N-methyl/N-ethyl adjacent to an activating group) is 1. The maximum absolute atomic E-state index is 9.12. The summed E-state index contributed by atoms with van der Waals surface area (Å²) in [7, 11) is 2.21. The van der Waals surface area contributed by atoms with Crippen molar-refractivity contribution in [1.29, 1.82) is 5.26 Å². The summed E-state index contributed by atoms with van der Waals surface area (Å²) in [5.41, 5.74) is 6.39. The first-order valence-corrected chi connectivity index (χ1v) is 9.91. The van der Waals surface area contributed by atoms with Gasteiger partial charge in [-0.2, -0.15) is 5.26 Å². The Kier molecular flexibility index (Phi) is 4.84. The van der Waals surface area contributed by atoms with Crippen molar-refractivity contribution in [3.8, 4) is 17.3 Å². The molecule has 0 radical (unpaired) electrons. The summed E-state index contributed by atoms with van der Waals surface area (Å²) < 4.78 is 0. The number of likely N-dealkylation sites (tertiary alicyclic amines) is 1. The molecule has 4 rings (SSSR count). The number of hydrogen-bond acceptors (Lipinski definition) is 5. The Hall–Kier alpha value is -2.45. The van der Waals surface area contributed by atoms with Gasteiger partial charge in [-0.1, -0.05) is 6.07 Å². The number of rotatable bonds is 2.